The highest BCUT2D eigenvalue weighted by molar-refractivity contribution is 7.53. The third-order valence-electron chi connectivity index (χ3n) is 6.81. The molecular formula is C28H33F2N4O3P. The van der Waals surface area contributed by atoms with Crippen molar-refractivity contribution in [2.75, 3.05) is 17.6 Å². The largest absolute Gasteiger partial charge is 0.394 e. The third-order valence-corrected chi connectivity index (χ3v) is 7.88. The van der Waals surface area contributed by atoms with Gasteiger partial charge in [-0.25, -0.2) is 4.98 Å². The summed E-state index contributed by atoms with van der Waals surface area (Å²) >= 11 is 0. The molecule has 4 rings (SSSR count). The van der Waals surface area contributed by atoms with E-state index in [-0.39, 0.29) is 6.42 Å². The number of pyridine rings is 2. The number of nitrogens with one attached hydrogen (secondary N) is 1. The molecule has 202 valence electrons. The minimum absolute atomic E-state index is 0.0555. The number of aromatic nitrogens is 2. The molecule has 0 fully saturated rings. The summed E-state index contributed by atoms with van der Waals surface area (Å²) in [5, 5.41) is 5.34. The van der Waals surface area contributed by atoms with Crippen LogP contribution in [0.1, 0.15) is 47.9 Å². The van der Waals surface area contributed by atoms with Crippen LogP contribution in [0.2, 0.25) is 0 Å². The highest BCUT2D eigenvalue weighted by Crippen LogP contribution is 2.55. The lowest BCUT2D eigenvalue weighted by Crippen LogP contribution is -2.16. The Morgan fingerprint density at radius 3 is 2.53 bits per heavy atom. The SMILES string of the molecule is Cc1ccc2c(c1)nc(N)c1ncc(CCc3ccc(NCCCCCC(F)(F)P(=O)(O)O)cc3C)cc12. The lowest BCUT2D eigenvalue weighted by Gasteiger charge is -2.17. The van der Waals surface area contributed by atoms with Gasteiger partial charge in [0.2, 0.25) is 0 Å². The van der Waals surface area contributed by atoms with Gasteiger partial charge >= 0.3 is 13.3 Å². The molecule has 0 aliphatic heterocycles. The van der Waals surface area contributed by atoms with Gasteiger partial charge in [-0.1, -0.05) is 24.6 Å². The zero-order chi connectivity index (χ0) is 27.5. The van der Waals surface area contributed by atoms with Crippen molar-refractivity contribution in [3.8, 4) is 0 Å². The van der Waals surface area contributed by atoms with Crippen LogP contribution < -0.4 is 11.1 Å². The number of hydrogen-bond acceptors (Lipinski definition) is 5. The van der Waals surface area contributed by atoms with Gasteiger partial charge in [-0.3, -0.25) is 9.55 Å². The fourth-order valence-corrected chi connectivity index (χ4v) is 5.03. The number of alkyl halides is 2. The van der Waals surface area contributed by atoms with Crippen molar-refractivity contribution in [2.24, 2.45) is 0 Å². The Kier molecular flexibility index (Phi) is 8.31. The van der Waals surface area contributed by atoms with Gasteiger partial charge in [0.05, 0.1) is 5.52 Å². The van der Waals surface area contributed by atoms with E-state index >= 15 is 0 Å². The molecule has 10 heteroatoms. The van der Waals surface area contributed by atoms with E-state index < -0.39 is 19.7 Å². The minimum Gasteiger partial charge on any atom is -0.385 e. The first-order chi connectivity index (χ1) is 17.9. The topological polar surface area (TPSA) is 121 Å². The molecule has 0 saturated heterocycles. The number of unbranched alkanes of at least 4 members (excludes halogenated alkanes) is 2. The number of hydrogen-bond donors (Lipinski definition) is 4. The summed E-state index contributed by atoms with van der Waals surface area (Å²) in [4.78, 5) is 26.5. The van der Waals surface area contributed by atoms with Crippen LogP contribution in [0.5, 0.6) is 0 Å². The van der Waals surface area contributed by atoms with Gasteiger partial charge in [-0.05, 0) is 86.1 Å². The molecule has 0 bridgehead atoms. The molecular weight excluding hydrogens is 509 g/mol. The van der Waals surface area contributed by atoms with Crippen LogP contribution >= 0.6 is 7.60 Å². The Morgan fingerprint density at radius 1 is 1.00 bits per heavy atom. The number of aryl methyl sites for hydroxylation is 4. The molecule has 0 radical (unpaired) electrons. The molecule has 0 aliphatic rings. The predicted molar refractivity (Wildman–Crippen MR) is 149 cm³/mol. The summed E-state index contributed by atoms with van der Waals surface area (Å²) < 4.78 is 37.4. The van der Waals surface area contributed by atoms with Crippen LogP contribution in [-0.4, -0.2) is 32.0 Å². The fraction of sp³-hybridized carbons (Fsp3) is 0.357. The normalized spacial score (nSPS) is 12.4. The van der Waals surface area contributed by atoms with E-state index in [2.05, 4.69) is 52.5 Å². The zero-order valence-corrected chi connectivity index (χ0v) is 22.4. The molecule has 38 heavy (non-hydrogen) atoms. The third kappa shape index (κ3) is 6.46. The predicted octanol–water partition coefficient (Wildman–Crippen LogP) is 6.51. The summed E-state index contributed by atoms with van der Waals surface area (Å²) in [7, 11) is -5.39. The van der Waals surface area contributed by atoms with Crippen molar-refractivity contribution in [3.63, 3.8) is 0 Å². The van der Waals surface area contributed by atoms with Crippen molar-refractivity contribution < 1.29 is 23.1 Å². The second-order valence-electron chi connectivity index (χ2n) is 9.85. The molecule has 0 aliphatic carbocycles. The van der Waals surface area contributed by atoms with E-state index in [1.165, 1.54) is 5.56 Å². The van der Waals surface area contributed by atoms with Crippen LogP contribution in [0.15, 0.2) is 48.7 Å². The Balaban J connectivity index is 1.32. The van der Waals surface area contributed by atoms with E-state index in [4.69, 9.17) is 15.5 Å². The van der Waals surface area contributed by atoms with Crippen LogP contribution in [0.4, 0.5) is 20.3 Å². The molecule has 5 N–H and O–H groups in total. The average molecular weight is 543 g/mol. The molecule has 0 saturated carbocycles. The molecule has 0 atom stereocenters. The van der Waals surface area contributed by atoms with E-state index in [9.17, 15) is 13.3 Å². The Bertz CT molecular complexity index is 1510. The van der Waals surface area contributed by atoms with Gasteiger partial charge in [0, 0.05) is 35.6 Å². The fourth-order valence-electron chi connectivity index (χ4n) is 4.58. The summed E-state index contributed by atoms with van der Waals surface area (Å²) in [6.45, 7) is 4.68. The Hall–Kier alpha value is -3.13. The maximum atomic E-state index is 13.3. The number of benzene rings is 2. The van der Waals surface area contributed by atoms with Crippen LogP contribution in [-0.2, 0) is 17.4 Å². The second kappa shape index (κ2) is 11.3. The summed E-state index contributed by atoms with van der Waals surface area (Å²) in [6.07, 6.45) is 3.87. The van der Waals surface area contributed by atoms with Gasteiger partial charge in [0.15, 0.2) is 5.82 Å². The van der Waals surface area contributed by atoms with Crippen LogP contribution in [0, 0.1) is 13.8 Å². The quantitative estimate of drug-likeness (QED) is 0.0968. The Morgan fingerprint density at radius 2 is 1.79 bits per heavy atom. The maximum Gasteiger partial charge on any atom is 0.394 e. The average Bonchev–Trinajstić information content (AvgIpc) is 2.84. The van der Waals surface area contributed by atoms with Gasteiger partial charge in [-0.15, -0.1) is 0 Å². The van der Waals surface area contributed by atoms with Gasteiger partial charge in [0.1, 0.15) is 5.52 Å². The van der Waals surface area contributed by atoms with E-state index in [1.54, 1.807) is 0 Å². The molecule has 0 spiro atoms. The van der Waals surface area contributed by atoms with E-state index in [0.29, 0.717) is 30.7 Å². The summed E-state index contributed by atoms with van der Waals surface area (Å²) in [6, 6.07) is 14.5. The first-order valence-corrected chi connectivity index (χ1v) is 14.3. The van der Waals surface area contributed by atoms with E-state index in [1.807, 2.05) is 25.3 Å². The van der Waals surface area contributed by atoms with Crippen molar-refractivity contribution in [1.29, 1.82) is 0 Å². The zero-order valence-electron chi connectivity index (χ0n) is 21.5. The monoisotopic (exact) mass is 542 g/mol. The first-order valence-electron chi connectivity index (χ1n) is 12.7. The molecule has 7 nitrogen and oxygen atoms in total. The number of fused-ring (bicyclic) bond motifs is 3. The lowest BCUT2D eigenvalue weighted by atomic mass is 9.99. The van der Waals surface area contributed by atoms with Crippen molar-refractivity contribution in [2.45, 2.75) is 58.0 Å². The van der Waals surface area contributed by atoms with Crippen LogP contribution in [0.3, 0.4) is 0 Å². The summed E-state index contributed by atoms with van der Waals surface area (Å²) in [5.74, 6) is 0.433. The Labute approximate surface area is 220 Å². The molecule has 2 heterocycles. The number of nitrogens with zero attached hydrogens (tertiary/aromatic N) is 2. The standard InChI is InChI=1S/C28H33F2N4O3P/c1-18-6-11-23-24-16-20(17-33-26(24)27(31)34-25(23)14-18)7-8-21-9-10-22(15-19(21)2)32-13-5-3-4-12-28(29,30)38(35,36)37/h6,9-11,14-17,32H,3-5,7-8,12-13H2,1-2H3,(H2,31,34)(H2,35,36,37). The van der Waals surface area contributed by atoms with Gasteiger partial charge in [0.25, 0.3) is 0 Å². The number of rotatable bonds is 11. The maximum absolute atomic E-state index is 13.3. The van der Waals surface area contributed by atoms with Crippen LogP contribution in [0.25, 0.3) is 21.8 Å². The highest BCUT2D eigenvalue weighted by atomic mass is 31.2. The van der Waals surface area contributed by atoms with E-state index in [0.717, 1.165) is 51.5 Å². The minimum atomic E-state index is -5.39. The highest BCUT2D eigenvalue weighted by Gasteiger charge is 2.47. The number of nitrogen functional groups attached to an aromatic ring is 1. The number of anilines is 2. The van der Waals surface area contributed by atoms with Gasteiger partial charge in [-0.2, -0.15) is 8.78 Å². The van der Waals surface area contributed by atoms with Crippen molar-refractivity contribution >= 4 is 40.9 Å². The summed E-state index contributed by atoms with van der Waals surface area (Å²) in [5.41, 5.74) is 9.38. The molecule has 2 aromatic heterocycles. The molecule has 2 aromatic carbocycles. The van der Waals surface area contributed by atoms with Crippen molar-refractivity contribution in [1.82, 2.24) is 9.97 Å². The lowest BCUT2D eigenvalue weighted by molar-refractivity contribution is 0.0478. The molecule has 0 amide bonds. The van der Waals surface area contributed by atoms with Gasteiger partial charge < -0.3 is 20.8 Å². The first kappa shape index (κ1) is 27.9. The number of nitrogens with two attached hydrogens (primary N) is 1. The molecule has 0 unspecified atom stereocenters. The van der Waals surface area contributed by atoms with Crippen molar-refractivity contribution in [3.05, 3.63) is 70.9 Å². The smallest absolute Gasteiger partial charge is 0.385 e. The second-order valence-corrected chi connectivity index (χ2v) is 11.6. The number of halogens is 2. The molecule has 4 aromatic rings.